The molecule has 4 heteroatoms. The SMILES string of the molecule is CCONC(=O)N1CCCC(C)C1. The van der Waals surface area contributed by atoms with Gasteiger partial charge in [-0.25, -0.2) is 10.3 Å². The van der Waals surface area contributed by atoms with Crippen molar-refractivity contribution in [2.24, 2.45) is 5.92 Å². The Morgan fingerprint density at radius 1 is 1.69 bits per heavy atom. The molecule has 1 heterocycles. The van der Waals surface area contributed by atoms with Gasteiger partial charge in [-0.2, -0.15) is 0 Å². The first-order chi connectivity index (χ1) is 6.24. The number of hydrogen-bond donors (Lipinski definition) is 1. The van der Waals surface area contributed by atoms with Crippen LogP contribution in [0.1, 0.15) is 26.7 Å². The zero-order chi connectivity index (χ0) is 9.68. The number of rotatable bonds is 2. The summed E-state index contributed by atoms with van der Waals surface area (Å²) in [5.41, 5.74) is 2.41. The maximum Gasteiger partial charge on any atom is 0.341 e. The Hall–Kier alpha value is -0.770. The normalized spacial score (nSPS) is 22.9. The highest BCUT2D eigenvalue weighted by molar-refractivity contribution is 5.73. The standard InChI is InChI=1S/C9H18N2O2/c1-3-13-10-9(12)11-6-4-5-8(2)7-11/h8H,3-7H2,1-2H3,(H,10,12). The Morgan fingerprint density at radius 3 is 3.08 bits per heavy atom. The van der Waals surface area contributed by atoms with Gasteiger partial charge in [0.15, 0.2) is 0 Å². The summed E-state index contributed by atoms with van der Waals surface area (Å²) in [7, 11) is 0. The van der Waals surface area contributed by atoms with Crippen LogP contribution >= 0.6 is 0 Å². The Bertz CT molecular complexity index is 173. The van der Waals surface area contributed by atoms with Crippen LogP contribution in [0.2, 0.25) is 0 Å². The minimum atomic E-state index is -0.103. The Kier molecular flexibility index (Phi) is 4.02. The van der Waals surface area contributed by atoms with E-state index in [2.05, 4.69) is 12.4 Å². The molecule has 0 aliphatic carbocycles. The molecule has 0 aromatic heterocycles. The third-order valence-corrected chi connectivity index (χ3v) is 2.25. The fourth-order valence-electron chi connectivity index (χ4n) is 1.57. The molecular weight excluding hydrogens is 168 g/mol. The van der Waals surface area contributed by atoms with Gasteiger partial charge in [0.05, 0.1) is 6.61 Å². The van der Waals surface area contributed by atoms with Crippen LogP contribution < -0.4 is 5.48 Å². The zero-order valence-electron chi connectivity index (χ0n) is 8.38. The molecule has 1 atom stereocenters. The molecule has 1 rings (SSSR count). The molecule has 1 unspecified atom stereocenters. The highest BCUT2D eigenvalue weighted by Crippen LogP contribution is 2.14. The summed E-state index contributed by atoms with van der Waals surface area (Å²) in [5, 5.41) is 0. The summed E-state index contributed by atoms with van der Waals surface area (Å²) in [6.07, 6.45) is 2.32. The molecule has 13 heavy (non-hydrogen) atoms. The number of carbonyl (C=O) groups excluding carboxylic acids is 1. The van der Waals surface area contributed by atoms with E-state index in [0.717, 1.165) is 19.5 Å². The van der Waals surface area contributed by atoms with E-state index in [1.54, 1.807) is 0 Å². The van der Waals surface area contributed by atoms with Crippen molar-refractivity contribution in [3.63, 3.8) is 0 Å². The summed E-state index contributed by atoms with van der Waals surface area (Å²) >= 11 is 0. The second-order valence-electron chi connectivity index (χ2n) is 3.53. The van der Waals surface area contributed by atoms with Crippen molar-refractivity contribution in [2.75, 3.05) is 19.7 Å². The smallest absolute Gasteiger partial charge is 0.323 e. The van der Waals surface area contributed by atoms with E-state index in [4.69, 9.17) is 4.84 Å². The first kappa shape index (κ1) is 10.3. The maximum atomic E-state index is 11.4. The number of nitrogens with one attached hydrogen (secondary N) is 1. The second kappa shape index (κ2) is 5.07. The average molecular weight is 186 g/mol. The fourth-order valence-corrected chi connectivity index (χ4v) is 1.57. The van der Waals surface area contributed by atoms with Crippen LogP contribution in [0.4, 0.5) is 4.79 Å². The molecule has 1 N–H and O–H groups in total. The van der Waals surface area contributed by atoms with Crippen LogP contribution in [0.3, 0.4) is 0 Å². The first-order valence-corrected chi connectivity index (χ1v) is 4.90. The van der Waals surface area contributed by atoms with E-state index < -0.39 is 0 Å². The lowest BCUT2D eigenvalue weighted by molar-refractivity contribution is 0.0503. The number of nitrogens with zero attached hydrogens (tertiary/aromatic N) is 1. The largest absolute Gasteiger partial charge is 0.341 e. The molecule has 1 aliphatic heterocycles. The summed E-state index contributed by atoms with van der Waals surface area (Å²) in [6.45, 7) is 6.22. The lowest BCUT2D eigenvalue weighted by atomic mass is 10.0. The Morgan fingerprint density at radius 2 is 2.46 bits per heavy atom. The third-order valence-electron chi connectivity index (χ3n) is 2.25. The van der Waals surface area contributed by atoms with E-state index in [9.17, 15) is 4.79 Å². The molecule has 0 radical (unpaired) electrons. The quantitative estimate of drug-likeness (QED) is 0.662. The van der Waals surface area contributed by atoms with Crippen LogP contribution in [0.15, 0.2) is 0 Å². The predicted molar refractivity (Wildman–Crippen MR) is 50.1 cm³/mol. The molecule has 2 amide bonds. The minimum Gasteiger partial charge on any atom is -0.323 e. The van der Waals surface area contributed by atoms with E-state index in [1.807, 2.05) is 11.8 Å². The maximum absolute atomic E-state index is 11.4. The van der Waals surface area contributed by atoms with Gasteiger partial charge in [-0.05, 0) is 25.7 Å². The van der Waals surface area contributed by atoms with Crippen molar-refractivity contribution >= 4 is 6.03 Å². The number of likely N-dealkylation sites (tertiary alicyclic amines) is 1. The molecule has 0 spiro atoms. The summed E-state index contributed by atoms with van der Waals surface area (Å²) < 4.78 is 0. The van der Waals surface area contributed by atoms with Crippen molar-refractivity contribution in [1.82, 2.24) is 10.4 Å². The van der Waals surface area contributed by atoms with E-state index >= 15 is 0 Å². The second-order valence-corrected chi connectivity index (χ2v) is 3.53. The minimum absolute atomic E-state index is 0.103. The number of carbonyl (C=O) groups is 1. The number of hydroxylamine groups is 1. The Labute approximate surface area is 79.2 Å². The number of urea groups is 1. The van der Waals surface area contributed by atoms with Crippen molar-refractivity contribution in [1.29, 1.82) is 0 Å². The monoisotopic (exact) mass is 186 g/mol. The lowest BCUT2D eigenvalue weighted by Gasteiger charge is -2.30. The van der Waals surface area contributed by atoms with Gasteiger partial charge in [0.25, 0.3) is 0 Å². The number of hydrogen-bond acceptors (Lipinski definition) is 2. The average Bonchev–Trinajstić information content (AvgIpc) is 2.14. The van der Waals surface area contributed by atoms with Crippen molar-refractivity contribution in [3.8, 4) is 0 Å². The van der Waals surface area contributed by atoms with Crippen LogP contribution in [0, 0.1) is 5.92 Å². The highest BCUT2D eigenvalue weighted by atomic mass is 16.7. The lowest BCUT2D eigenvalue weighted by Crippen LogP contribution is -2.44. The first-order valence-electron chi connectivity index (χ1n) is 4.90. The summed E-state index contributed by atoms with van der Waals surface area (Å²) in [6, 6.07) is -0.103. The highest BCUT2D eigenvalue weighted by Gasteiger charge is 2.20. The molecule has 0 aromatic rings. The van der Waals surface area contributed by atoms with Gasteiger partial charge in [0, 0.05) is 13.1 Å². The van der Waals surface area contributed by atoms with Gasteiger partial charge in [0.1, 0.15) is 0 Å². The molecule has 76 valence electrons. The molecule has 4 nitrogen and oxygen atoms in total. The predicted octanol–water partition coefficient (Wildman–Crippen LogP) is 1.38. The van der Waals surface area contributed by atoms with Crippen LogP contribution in [0.5, 0.6) is 0 Å². The molecule has 1 aliphatic rings. The van der Waals surface area contributed by atoms with Crippen LogP contribution in [-0.2, 0) is 4.84 Å². The fraction of sp³-hybridized carbons (Fsp3) is 0.889. The van der Waals surface area contributed by atoms with Crippen molar-refractivity contribution in [3.05, 3.63) is 0 Å². The van der Waals surface area contributed by atoms with Gasteiger partial charge in [-0.3, -0.25) is 4.84 Å². The number of amides is 2. The van der Waals surface area contributed by atoms with E-state index in [0.29, 0.717) is 12.5 Å². The molecular formula is C9H18N2O2. The van der Waals surface area contributed by atoms with Gasteiger partial charge in [-0.1, -0.05) is 6.92 Å². The third kappa shape index (κ3) is 3.22. The van der Waals surface area contributed by atoms with E-state index in [1.165, 1.54) is 6.42 Å². The summed E-state index contributed by atoms with van der Waals surface area (Å²) in [4.78, 5) is 18.0. The topological polar surface area (TPSA) is 41.6 Å². The van der Waals surface area contributed by atoms with Gasteiger partial charge in [-0.15, -0.1) is 0 Å². The van der Waals surface area contributed by atoms with Crippen molar-refractivity contribution < 1.29 is 9.63 Å². The van der Waals surface area contributed by atoms with E-state index in [-0.39, 0.29) is 6.03 Å². The zero-order valence-corrected chi connectivity index (χ0v) is 8.38. The molecule has 1 saturated heterocycles. The van der Waals surface area contributed by atoms with Crippen molar-refractivity contribution in [2.45, 2.75) is 26.7 Å². The van der Waals surface area contributed by atoms with Gasteiger partial charge < -0.3 is 4.90 Å². The number of piperidine rings is 1. The molecule has 0 bridgehead atoms. The summed E-state index contributed by atoms with van der Waals surface area (Å²) in [5.74, 6) is 0.612. The molecule has 0 saturated carbocycles. The molecule has 1 fully saturated rings. The molecule has 0 aromatic carbocycles. The Balaban J connectivity index is 2.28. The van der Waals surface area contributed by atoms with Crippen LogP contribution in [-0.4, -0.2) is 30.6 Å². The van der Waals surface area contributed by atoms with Gasteiger partial charge in [0.2, 0.25) is 0 Å². The van der Waals surface area contributed by atoms with Crippen LogP contribution in [0.25, 0.3) is 0 Å². The van der Waals surface area contributed by atoms with Gasteiger partial charge >= 0.3 is 6.03 Å².